The van der Waals surface area contributed by atoms with Crippen LogP contribution in [0.4, 0.5) is 17.6 Å². The van der Waals surface area contributed by atoms with Crippen molar-refractivity contribution in [2.75, 3.05) is 26.3 Å². The van der Waals surface area contributed by atoms with E-state index in [2.05, 4.69) is 10.6 Å². The van der Waals surface area contributed by atoms with Crippen molar-refractivity contribution in [3.63, 3.8) is 0 Å². The highest BCUT2D eigenvalue weighted by Crippen LogP contribution is 2.40. The second-order valence-electron chi connectivity index (χ2n) is 9.50. The van der Waals surface area contributed by atoms with Crippen molar-refractivity contribution >= 4 is 17.7 Å². The summed E-state index contributed by atoms with van der Waals surface area (Å²) in [4.78, 5) is 39.9. The molecule has 3 atom stereocenters. The van der Waals surface area contributed by atoms with Crippen molar-refractivity contribution < 1.29 is 36.7 Å². The Balaban J connectivity index is 1.31. The van der Waals surface area contributed by atoms with Crippen molar-refractivity contribution in [3.8, 4) is 0 Å². The Morgan fingerprint density at radius 3 is 2.29 bits per heavy atom. The van der Waals surface area contributed by atoms with Crippen LogP contribution in [0, 0.1) is 5.82 Å². The first-order valence-electron chi connectivity index (χ1n) is 12.5. The van der Waals surface area contributed by atoms with E-state index in [-0.39, 0.29) is 48.0 Å². The number of alkyl halides is 3. The molecular weight excluding hydrogens is 506 g/mol. The van der Waals surface area contributed by atoms with Gasteiger partial charge in [-0.05, 0) is 61.2 Å². The van der Waals surface area contributed by atoms with Gasteiger partial charge >= 0.3 is 6.18 Å². The maximum absolute atomic E-state index is 13.1. The Labute approximate surface area is 217 Å². The molecule has 0 spiro atoms. The van der Waals surface area contributed by atoms with E-state index in [0.717, 1.165) is 36.2 Å². The third-order valence-electron chi connectivity index (χ3n) is 6.73. The number of carbonyl (C=O) groups is 3. The second-order valence-corrected chi connectivity index (χ2v) is 9.50. The van der Waals surface area contributed by atoms with Crippen LogP contribution in [-0.2, 0) is 20.5 Å². The number of carbonyl (C=O) groups excluding carboxylic acids is 3. The fourth-order valence-corrected chi connectivity index (χ4v) is 4.49. The molecule has 1 aliphatic carbocycles. The Bertz CT molecular complexity index is 1130. The third-order valence-corrected chi connectivity index (χ3v) is 6.73. The predicted octanol–water partition coefficient (Wildman–Crippen LogP) is 3.64. The fraction of sp³-hybridized carbons (Fsp3) is 0.444. The zero-order chi connectivity index (χ0) is 27.3. The maximum Gasteiger partial charge on any atom is 0.416 e. The number of amides is 3. The molecule has 0 bridgehead atoms. The van der Waals surface area contributed by atoms with E-state index in [1.807, 2.05) is 0 Å². The fourth-order valence-electron chi connectivity index (χ4n) is 4.49. The third kappa shape index (κ3) is 7.31. The lowest BCUT2D eigenvalue weighted by molar-refractivity contribution is -0.138. The molecule has 2 fully saturated rings. The van der Waals surface area contributed by atoms with E-state index >= 15 is 0 Å². The Morgan fingerprint density at radius 1 is 1.00 bits per heavy atom. The predicted molar refractivity (Wildman–Crippen MR) is 130 cm³/mol. The van der Waals surface area contributed by atoms with E-state index < -0.39 is 23.7 Å². The number of halogens is 4. The summed E-state index contributed by atoms with van der Waals surface area (Å²) in [6, 6.07) is 8.96. The molecule has 1 heterocycles. The minimum absolute atomic E-state index is 0.00362. The van der Waals surface area contributed by atoms with Gasteiger partial charge in [-0.25, -0.2) is 4.39 Å². The van der Waals surface area contributed by atoms with Gasteiger partial charge < -0.3 is 20.3 Å². The van der Waals surface area contributed by atoms with Gasteiger partial charge in [-0.1, -0.05) is 12.1 Å². The van der Waals surface area contributed by atoms with E-state index in [0.29, 0.717) is 32.7 Å². The molecule has 2 N–H and O–H groups in total. The highest BCUT2D eigenvalue weighted by atomic mass is 19.4. The summed E-state index contributed by atoms with van der Waals surface area (Å²) in [5.41, 5.74) is 0.0771. The quantitative estimate of drug-likeness (QED) is 0.480. The molecule has 204 valence electrons. The van der Waals surface area contributed by atoms with Crippen LogP contribution < -0.4 is 10.6 Å². The zero-order valence-corrected chi connectivity index (χ0v) is 20.6. The van der Waals surface area contributed by atoms with Gasteiger partial charge in [0.05, 0.1) is 18.8 Å². The number of morpholine rings is 1. The molecule has 3 unspecified atom stereocenters. The number of rotatable bonds is 9. The molecular formula is C27H29F4N3O4. The Kier molecular flexibility index (Phi) is 8.65. The molecule has 38 heavy (non-hydrogen) atoms. The van der Waals surface area contributed by atoms with Crippen molar-refractivity contribution in [1.82, 2.24) is 15.5 Å². The standard InChI is InChI=1S/C27H29F4N3O4/c28-20-10-6-17(7-11-20)21-16-23(21)32-24(35)3-1-2-22(26(37)34-12-14-38-15-13-34)33-25(36)18-4-8-19(9-5-18)27(29,30)31/h4-11,21-23H,1-3,12-16H2,(H,32,35)(H,33,36). The van der Waals surface area contributed by atoms with E-state index in [1.54, 1.807) is 17.0 Å². The van der Waals surface area contributed by atoms with Crippen LogP contribution in [0.2, 0.25) is 0 Å². The summed E-state index contributed by atoms with van der Waals surface area (Å²) in [5.74, 6) is -1.37. The minimum Gasteiger partial charge on any atom is -0.378 e. The molecule has 3 amide bonds. The van der Waals surface area contributed by atoms with Crippen LogP contribution >= 0.6 is 0 Å². The molecule has 2 aromatic rings. The van der Waals surface area contributed by atoms with Gasteiger partial charge in [0, 0.05) is 37.0 Å². The van der Waals surface area contributed by atoms with Crippen molar-refractivity contribution in [3.05, 3.63) is 71.0 Å². The van der Waals surface area contributed by atoms with Crippen molar-refractivity contribution in [1.29, 1.82) is 0 Å². The van der Waals surface area contributed by atoms with E-state index in [4.69, 9.17) is 4.74 Å². The molecule has 0 radical (unpaired) electrons. The lowest BCUT2D eigenvalue weighted by Gasteiger charge is -2.30. The second kappa shape index (κ2) is 11.9. The van der Waals surface area contributed by atoms with Crippen molar-refractivity contribution in [2.24, 2.45) is 0 Å². The topological polar surface area (TPSA) is 87.7 Å². The van der Waals surface area contributed by atoms with E-state index in [1.165, 1.54) is 12.1 Å². The summed E-state index contributed by atoms with van der Waals surface area (Å²) in [5, 5.41) is 5.58. The van der Waals surface area contributed by atoms with Crippen LogP contribution in [0.1, 0.15) is 53.1 Å². The average molecular weight is 536 g/mol. The molecule has 7 nitrogen and oxygen atoms in total. The largest absolute Gasteiger partial charge is 0.416 e. The molecule has 1 aliphatic heterocycles. The number of benzene rings is 2. The van der Waals surface area contributed by atoms with Crippen LogP contribution in [-0.4, -0.2) is 61.0 Å². The average Bonchev–Trinajstić information content (AvgIpc) is 3.66. The van der Waals surface area contributed by atoms with Crippen LogP contribution in [0.15, 0.2) is 48.5 Å². The molecule has 2 aliphatic rings. The van der Waals surface area contributed by atoms with Crippen LogP contribution in [0.3, 0.4) is 0 Å². The lowest BCUT2D eigenvalue weighted by Crippen LogP contribution is -2.51. The first-order chi connectivity index (χ1) is 18.1. The Morgan fingerprint density at radius 2 is 1.66 bits per heavy atom. The molecule has 11 heteroatoms. The van der Waals surface area contributed by atoms with Gasteiger partial charge in [0.25, 0.3) is 5.91 Å². The van der Waals surface area contributed by atoms with Gasteiger partial charge in [-0.15, -0.1) is 0 Å². The summed E-state index contributed by atoms with van der Waals surface area (Å²) in [6.07, 6.45) is -3.13. The number of hydrogen-bond donors (Lipinski definition) is 2. The molecule has 2 aromatic carbocycles. The monoisotopic (exact) mass is 535 g/mol. The smallest absolute Gasteiger partial charge is 0.378 e. The van der Waals surface area contributed by atoms with Gasteiger partial charge in [0.15, 0.2) is 0 Å². The summed E-state index contributed by atoms with van der Waals surface area (Å²) in [6.45, 7) is 1.45. The lowest BCUT2D eigenvalue weighted by atomic mass is 10.1. The first kappa shape index (κ1) is 27.6. The summed E-state index contributed by atoms with van der Waals surface area (Å²) in [7, 11) is 0. The number of nitrogens with zero attached hydrogens (tertiary/aromatic N) is 1. The van der Waals surface area contributed by atoms with Crippen molar-refractivity contribution in [2.45, 2.75) is 49.9 Å². The highest BCUT2D eigenvalue weighted by molar-refractivity contribution is 5.97. The summed E-state index contributed by atoms with van der Waals surface area (Å²) >= 11 is 0. The van der Waals surface area contributed by atoms with Gasteiger partial charge in [-0.3, -0.25) is 14.4 Å². The van der Waals surface area contributed by atoms with Gasteiger partial charge in [0.2, 0.25) is 11.8 Å². The molecule has 1 saturated heterocycles. The molecule has 4 rings (SSSR count). The zero-order valence-electron chi connectivity index (χ0n) is 20.6. The first-order valence-corrected chi connectivity index (χ1v) is 12.5. The minimum atomic E-state index is -4.52. The number of ether oxygens (including phenoxy) is 1. The van der Waals surface area contributed by atoms with Crippen LogP contribution in [0.25, 0.3) is 0 Å². The molecule has 0 aromatic heterocycles. The van der Waals surface area contributed by atoms with Gasteiger partial charge in [0.1, 0.15) is 11.9 Å². The van der Waals surface area contributed by atoms with E-state index in [9.17, 15) is 31.9 Å². The van der Waals surface area contributed by atoms with Crippen LogP contribution in [0.5, 0.6) is 0 Å². The molecule has 1 saturated carbocycles. The van der Waals surface area contributed by atoms with Gasteiger partial charge in [-0.2, -0.15) is 13.2 Å². The summed E-state index contributed by atoms with van der Waals surface area (Å²) < 4.78 is 56.9. The normalized spacial score (nSPS) is 19.9. The SMILES string of the molecule is O=C(CCCC(NC(=O)c1ccc(C(F)(F)F)cc1)C(=O)N1CCOCC1)NC1CC1c1ccc(F)cc1. The number of nitrogens with one attached hydrogen (secondary N) is 2. The highest BCUT2D eigenvalue weighted by Gasteiger charge is 2.39. The maximum atomic E-state index is 13.1. The number of hydrogen-bond acceptors (Lipinski definition) is 4. The Hall–Kier alpha value is -3.47.